The van der Waals surface area contributed by atoms with Crippen molar-refractivity contribution in [3.8, 4) is 0 Å². The van der Waals surface area contributed by atoms with E-state index in [2.05, 4.69) is 15.1 Å². The average Bonchev–Trinajstić information content (AvgIpc) is 3.10. The molecule has 3 rings (SSSR count). The van der Waals surface area contributed by atoms with Crippen molar-refractivity contribution in [1.29, 1.82) is 5.41 Å². The van der Waals surface area contributed by atoms with E-state index >= 15 is 0 Å². The van der Waals surface area contributed by atoms with E-state index in [9.17, 15) is 0 Å². The second-order valence-corrected chi connectivity index (χ2v) is 3.77. The highest BCUT2D eigenvalue weighted by molar-refractivity contribution is 5.97. The van der Waals surface area contributed by atoms with Gasteiger partial charge < -0.3 is 14.2 Å². The van der Waals surface area contributed by atoms with E-state index in [1.165, 1.54) is 12.5 Å². The molecule has 3 heterocycles. The molecule has 3 aromatic heterocycles. The number of nitrogens with zero attached hydrogens (tertiary/aromatic N) is 2. The minimum atomic E-state index is -0.138. The van der Waals surface area contributed by atoms with Crippen LogP contribution in [0.25, 0.3) is 11.0 Å². The Hall–Kier alpha value is -2.89. The van der Waals surface area contributed by atoms with E-state index in [4.69, 9.17) is 14.7 Å². The zero-order chi connectivity index (χ0) is 13.1. The molecule has 6 nitrogen and oxygen atoms in total. The smallest absolute Gasteiger partial charge is 0.284 e. The van der Waals surface area contributed by atoms with Crippen molar-refractivity contribution in [2.24, 2.45) is 5.16 Å². The number of rotatable bonds is 3. The summed E-state index contributed by atoms with van der Waals surface area (Å²) in [6.07, 6.45) is 6.50. The molecule has 0 bridgehead atoms. The van der Waals surface area contributed by atoms with Gasteiger partial charge in [-0.15, -0.1) is 0 Å². The Labute approximate surface area is 108 Å². The van der Waals surface area contributed by atoms with Crippen LogP contribution in [-0.2, 0) is 4.84 Å². The molecule has 0 fully saturated rings. The molecule has 0 aromatic carbocycles. The van der Waals surface area contributed by atoms with Crippen molar-refractivity contribution >= 4 is 23.1 Å². The maximum absolute atomic E-state index is 7.60. The largest absolute Gasteiger partial charge is 0.459 e. The van der Waals surface area contributed by atoms with Gasteiger partial charge in [0.1, 0.15) is 5.65 Å². The molecular formula is C13H10N4O2. The highest BCUT2D eigenvalue weighted by atomic mass is 16.6. The first-order valence-corrected chi connectivity index (χ1v) is 5.59. The van der Waals surface area contributed by atoms with Gasteiger partial charge >= 0.3 is 0 Å². The molecule has 0 saturated carbocycles. The van der Waals surface area contributed by atoms with Gasteiger partial charge in [-0.25, -0.2) is 4.98 Å². The van der Waals surface area contributed by atoms with Crippen molar-refractivity contribution < 1.29 is 9.25 Å². The lowest BCUT2D eigenvalue weighted by molar-refractivity contribution is 0.318. The Morgan fingerprint density at radius 1 is 1.42 bits per heavy atom. The number of aromatic amines is 1. The lowest BCUT2D eigenvalue weighted by Gasteiger charge is -1.97. The topological polar surface area (TPSA) is 87.3 Å². The SMILES string of the molecule is N=C(O/N=C/c1ccnc2[nH]ccc12)c1ccco1. The Morgan fingerprint density at radius 2 is 2.37 bits per heavy atom. The number of fused-ring (bicyclic) bond motifs is 1. The molecule has 6 heteroatoms. The molecule has 0 unspecified atom stereocenters. The predicted octanol–water partition coefficient (Wildman–Crippen LogP) is 2.53. The fourth-order valence-corrected chi connectivity index (χ4v) is 1.68. The standard InChI is InChI=1S/C13H10N4O2/c14-12(11-2-1-7-18-11)19-17-8-9-3-5-15-13-10(9)4-6-16-13/h1-8,14H,(H,15,16)/b14-12?,17-8+. The molecule has 94 valence electrons. The summed E-state index contributed by atoms with van der Waals surface area (Å²) in [5, 5.41) is 12.3. The highest BCUT2D eigenvalue weighted by Crippen LogP contribution is 2.13. The average molecular weight is 254 g/mol. The van der Waals surface area contributed by atoms with Gasteiger partial charge in [0.05, 0.1) is 12.5 Å². The van der Waals surface area contributed by atoms with Gasteiger partial charge in [0.25, 0.3) is 5.90 Å². The Bertz CT molecular complexity index is 728. The van der Waals surface area contributed by atoms with Crippen LogP contribution in [0.15, 0.2) is 52.5 Å². The number of hydrogen-bond donors (Lipinski definition) is 2. The van der Waals surface area contributed by atoms with Gasteiger partial charge in [-0.2, -0.15) is 0 Å². The molecule has 0 aliphatic carbocycles. The zero-order valence-corrected chi connectivity index (χ0v) is 9.83. The number of aromatic nitrogens is 2. The van der Waals surface area contributed by atoms with Crippen LogP contribution in [0.1, 0.15) is 11.3 Å². The summed E-state index contributed by atoms with van der Waals surface area (Å²) >= 11 is 0. The first kappa shape index (κ1) is 11.2. The minimum Gasteiger partial charge on any atom is -0.459 e. The maximum Gasteiger partial charge on any atom is 0.284 e. The molecule has 0 saturated heterocycles. The summed E-state index contributed by atoms with van der Waals surface area (Å²) in [5.74, 6) is 0.194. The summed E-state index contributed by atoms with van der Waals surface area (Å²) < 4.78 is 5.02. The Morgan fingerprint density at radius 3 is 3.21 bits per heavy atom. The number of H-pyrrole nitrogens is 1. The fourth-order valence-electron chi connectivity index (χ4n) is 1.68. The second-order valence-electron chi connectivity index (χ2n) is 3.77. The van der Waals surface area contributed by atoms with Crippen LogP contribution in [0, 0.1) is 5.41 Å². The van der Waals surface area contributed by atoms with Crippen LogP contribution < -0.4 is 0 Å². The second kappa shape index (κ2) is 4.77. The third kappa shape index (κ3) is 2.23. The molecule has 2 N–H and O–H groups in total. The third-order valence-corrected chi connectivity index (χ3v) is 2.57. The van der Waals surface area contributed by atoms with Crippen LogP contribution in [0.4, 0.5) is 0 Å². The van der Waals surface area contributed by atoms with Crippen LogP contribution in [0.5, 0.6) is 0 Å². The number of nitrogens with one attached hydrogen (secondary N) is 2. The van der Waals surface area contributed by atoms with E-state index in [0.717, 1.165) is 16.6 Å². The van der Waals surface area contributed by atoms with E-state index in [1.807, 2.05) is 12.1 Å². The lowest BCUT2D eigenvalue weighted by Crippen LogP contribution is -1.99. The van der Waals surface area contributed by atoms with Gasteiger partial charge in [0.15, 0.2) is 5.76 Å². The quantitative estimate of drug-likeness (QED) is 0.427. The van der Waals surface area contributed by atoms with E-state index < -0.39 is 0 Å². The van der Waals surface area contributed by atoms with Gasteiger partial charge in [-0.1, -0.05) is 5.16 Å². The van der Waals surface area contributed by atoms with E-state index in [1.54, 1.807) is 24.5 Å². The van der Waals surface area contributed by atoms with Crippen LogP contribution in [0.3, 0.4) is 0 Å². The number of hydrogen-bond acceptors (Lipinski definition) is 5. The van der Waals surface area contributed by atoms with Crippen LogP contribution in [-0.4, -0.2) is 22.1 Å². The van der Waals surface area contributed by atoms with E-state index in [-0.39, 0.29) is 5.90 Å². The van der Waals surface area contributed by atoms with Gasteiger partial charge in [0.2, 0.25) is 0 Å². The summed E-state index contributed by atoms with van der Waals surface area (Å²) in [7, 11) is 0. The van der Waals surface area contributed by atoms with E-state index in [0.29, 0.717) is 5.76 Å². The fraction of sp³-hybridized carbons (Fsp3) is 0. The molecule has 0 amide bonds. The number of oxime groups is 1. The zero-order valence-electron chi connectivity index (χ0n) is 9.83. The Balaban J connectivity index is 1.76. The van der Waals surface area contributed by atoms with Crippen molar-refractivity contribution in [3.05, 3.63) is 54.2 Å². The third-order valence-electron chi connectivity index (χ3n) is 2.57. The molecule has 0 spiro atoms. The van der Waals surface area contributed by atoms with Gasteiger partial charge in [0, 0.05) is 23.3 Å². The molecule has 19 heavy (non-hydrogen) atoms. The van der Waals surface area contributed by atoms with Crippen molar-refractivity contribution in [3.63, 3.8) is 0 Å². The van der Waals surface area contributed by atoms with Crippen molar-refractivity contribution in [2.45, 2.75) is 0 Å². The number of furan rings is 1. The van der Waals surface area contributed by atoms with Crippen LogP contribution in [0.2, 0.25) is 0 Å². The first-order chi connectivity index (χ1) is 9.34. The lowest BCUT2D eigenvalue weighted by atomic mass is 10.2. The molecule has 0 aliphatic rings. The predicted molar refractivity (Wildman–Crippen MR) is 70.3 cm³/mol. The summed E-state index contributed by atoms with van der Waals surface area (Å²) in [4.78, 5) is 12.1. The number of pyridine rings is 1. The molecule has 3 aromatic rings. The molecular weight excluding hydrogens is 244 g/mol. The summed E-state index contributed by atoms with van der Waals surface area (Å²) in [6.45, 7) is 0. The van der Waals surface area contributed by atoms with Crippen LogP contribution >= 0.6 is 0 Å². The summed E-state index contributed by atoms with van der Waals surface area (Å²) in [5.41, 5.74) is 1.64. The summed E-state index contributed by atoms with van der Waals surface area (Å²) in [6, 6.07) is 7.04. The first-order valence-electron chi connectivity index (χ1n) is 5.59. The molecule has 0 radical (unpaired) electrons. The molecule has 0 aliphatic heterocycles. The van der Waals surface area contributed by atoms with Gasteiger partial charge in [-0.05, 0) is 24.3 Å². The highest BCUT2D eigenvalue weighted by Gasteiger charge is 2.05. The Kier molecular flexibility index (Phi) is 2.82. The monoisotopic (exact) mass is 254 g/mol. The normalized spacial score (nSPS) is 11.2. The minimum absolute atomic E-state index is 0.138. The van der Waals surface area contributed by atoms with Crippen molar-refractivity contribution in [2.75, 3.05) is 0 Å². The maximum atomic E-state index is 7.60. The molecule has 0 atom stereocenters. The van der Waals surface area contributed by atoms with Crippen molar-refractivity contribution in [1.82, 2.24) is 9.97 Å². The van der Waals surface area contributed by atoms with Gasteiger partial charge in [-0.3, -0.25) is 5.41 Å².